The van der Waals surface area contributed by atoms with Crippen LogP contribution in [-0.4, -0.2) is 0 Å². The van der Waals surface area contributed by atoms with Crippen LogP contribution in [0.25, 0.3) is 0 Å². The van der Waals surface area contributed by atoms with E-state index >= 15 is 0 Å². The van der Waals surface area contributed by atoms with Crippen molar-refractivity contribution in [2.24, 2.45) is 0 Å². The number of benzene rings is 2. The molecule has 0 N–H and O–H groups in total. The normalized spacial score (nSPS) is 11.2. The average molecular weight is 272 g/mol. The minimum atomic E-state index is 0.473. The summed E-state index contributed by atoms with van der Waals surface area (Å²) in [5.41, 5.74) is 6.56. The number of aryl methyl sites for hydroxylation is 4. The monoisotopic (exact) mass is 272 g/mol. The average Bonchev–Trinajstić information content (AvgIpc) is 2.34. The molecule has 2 aromatic rings. The van der Waals surface area contributed by atoms with Crippen LogP contribution >= 0.6 is 8.81 Å². The molecule has 0 aliphatic carbocycles. The molecule has 0 aliphatic heterocycles. The molecule has 2 aromatic carbocycles. The van der Waals surface area contributed by atoms with Gasteiger partial charge in [0.1, 0.15) is 5.75 Å². The fourth-order valence-electron chi connectivity index (χ4n) is 2.15. The minimum absolute atomic E-state index is 0.473. The van der Waals surface area contributed by atoms with Crippen molar-refractivity contribution in [3.05, 3.63) is 64.2 Å². The first-order valence-corrected chi connectivity index (χ1v) is 7.71. The van der Waals surface area contributed by atoms with Gasteiger partial charge in [-0.3, -0.25) is 0 Å². The second-order valence-electron chi connectivity index (χ2n) is 5.12. The van der Waals surface area contributed by atoms with Crippen LogP contribution < -0.4 is 4.52 Å². The topological polar surface area (TPSA) is 9.23 Å². The van der Waals surface area contributed by atoms with Crippen LogP contribution in [0.1, 0.15) is 27.8 Å². The van der Waals surface area contributed by atoms with E-state index in [-0.39, 0.29) is 0 Å². The molecule has 100 valence electrons. The van der Waals surface area contributed by atoms with Crippen LogP contribution in [-0.2, 0) is 6.16 Å². The highest BCUT2D eigenvalue weighted by molar-refractivity contribution is 7.31. The highest BCUT2D eigenvalue weighted by atomic mass is 31.1. The zero-order valence-corrected chi connectivity index (χ0v) is 13.1. The maximum Gasteiger partial charge on any atom is 0.125 e. The summed E-state index contributed by atoms with van der Waals surface area (Å²) in [6, 6.07) is 12.9. The Hall–Kier alpha value is -1.33. The third kappa shape index (κ3) is 3.81. The lowest BCUT2D eigenvalue weighted by Crippen LogP contribution is -1.90. The maximum atomic E-state index is 5.91. The molecule has 1 nitrogen and oxygen atoms in total. The van der Waals surface area contributed by atoms with Crippen LogP contribution in [0.2, 0.25) is 0 Å². The molecule has 0 fully saturated rings. The lowest BCUT2D eigenvalue weighted by molar-refractivity contribution is 0.623. The van der Waals surface area contributed by atoms with E-state index in [1.54, 1.807) is 0 Å². The van der Waals surface area contributed by atoms with Crippen molar-refractivity contribution in [2.75, 3.05) is 0 Å². The standard InChI is InChI=1S/C17H21OP/c1-12-5-7-16(14(3)9-12)11-19-18-17-8-6-13(2)10-15(17)4/h5-10,19H,11H2,1-4H3. The molecule has 1 unspecified atom stereocenters. The van der Waals surface area contributed by atoms with E-state index in [0.29, 0.717) is 8.81 Å². The molecule has 0 spiro atoms. The van der Waals surface area contributed by atoms with Crippen molar-refractivity contribution < 1.29 is 4.52 Å². The lowest BCUT2D eigenvalue weighted by atomic mass is 10.1. The Morgan fingerprint density at radius 3 is 2.11 bits per heavy atom. The van der Waals surface area contributed by atoms with Gasteiger partial charge >= 0.3 is 0 Å². The van der Waals surface area contributed by atoms with Crippen molar-refractivity contribution in [3.63, 3.8) is 0 Å². The van der Waals surface area contributed by atoms with Gasteiger partial charge in [0, 0.05) is 6.16 Å². The predicted octanol–water partition coefficient (Wildman–Crippen LogP) is 5.09. The van der Waals surface area contributed by atoms with Crippen LogP contribution in [0.15, 0.2) is 36.4 Å². The molecule has 1 atom stereocenters. The Morgan fingerprint density at radius 1 is 0.842 bits per heavy atom. The maximum absolute atomic E-state index is 5.91. The first kappa shape index (κ1) is 14.1. The molecule has 0 amide bonds. The van der Waals surface area contributed by atoms with Gasteiger partial charge in [0.05, 0.1) is 8.81 Å². The van der Waals surface area contributed by atoms with E-state index in [1.165, 1.54) is 27.8 Å². The van der Waals surface area contributed by atoms with Crippen molar-refractivity contribution in [1.29, 1.82) is 0 Å². The van der Waals surface area contributed by atoms with Gasteiger partial charge in [-0.25, -0.2) is 0 Å². The molecule has 0 saturated carbocycles. The van der Waals surface area contributed by atoms with Crippen molar-refractivity contribution in [2.45, 2.75) is 33.9 Å². The number of hydrogen-bond acceptors (Lipinski definition) is 1. The third-order valence-electron chi connectivity index (χ3n) is 3.27. The molecule has 2 rings (SSSR count). The third-order valence-corrected chi connectivity index (χ3v) is 4.16. The second kappa shape index (κ2) is 6.21. The molecular weight excluding hydrogens is 251 g/mol. The van der Waals surface area contributed by atoms with E-state index in [0.717, 1.165) is 11.9 Å². The first-order chi connectivity index (χ1) is 9.06. The van der Waals surface area contributed by atoms with Gasteiger partial charge < -0.3 is 4.52 Å². The fourth-order valence-corrected chi connectivity index (χ4v) is 3.16. The van der Waals surface area contributed by atoms with Crippen LogP contribution in [0, 0.1) is 27.7 Å². The predicted molar refractivity (Wildman–Crippen MR) is 84.5 cm³/mol. The summed E-state index contributed by atoms with van der Waals surface area (Å²) in [5, 5.41) is 0. The Balaban J connectivity index is 1.96. The molecule has 0 saturated heterocycles. The highest BCUT2D eigenvalue weighted by Gasteiger charge is 2.02. The highest BCUT2D eigenvalue weighted by Crippen LogP contribution is 2.29. The van der Waals surface area contributed by atoms with Gasteiger partial charge in [0.2, 0.25) is 0 Å². The quantitative estimate of drug-likeness (QED) is 0.704. The van der Waals surface area contributed by atoms with Crippen molar-refractivity contribution >= 4 is 8.81 Å². The smallest absolute Gasteiger partial charge is 0.125 e. The largest absolute Gasteiger partial charge is 0.477 e. The van der Waals surface area contributed by atoms with Crippen molar-refractivity contribution in [1.82, 2.24) is 0 Å². The summed E-state index contributed by atoms with van der Waals surface area (Å²) in [7, 11) is 0.473. The summed E-state index contributed by atoms with van der Waals surface area (Å²) >= 11 is 0. The van der Waals surface area contributed by atoms with Gasteiger partial charge in [0.15, 0.2) is 0 Å². The molecule has 2 heteroatoms. The summed E-state index contributed by atoms with van der Waals surface area (Å²) in [5.74, 6) is 1.01. The molecule has 0 aromatic heterocycles. The minimum Gasteiger partial charge on any atom is -0.477 e. The van der Waals surface area contributed by atoms with E-state index < -0.39 is 0 Å². The van der Waals surface area contributed by atoms with E-state index in [9.17, 15) is 0 Å². The summed E-state index contributed by atoms with van der Waals surface area (Å²) < 4.78 is 5.91. The summed E-state index contributed by atoms with van der Waals surface area (Å²) in [6.07, 6.45) is 0.986. The van der Waals surface area contributed by atoms with Gasteiger partial charge in [-0.15, -0.1) is 0 Å². The van der Waals surface area contributed by atoms with E-state index in [1.807, 2.05) is 0 Å². The summed E-state index contributed by atoms with van der Waals surface area (Å²) in [4.78, 5) is 0. The Bertz CT molecular complexity index is 524. The Morgan fingerprint density at radius 2 is 1.47 bits per heavy atom. The van der Waals surface area contributed by atoms with Gasteiger partial charge in [-0.2, -0.15) is 0 Å². The van der Waals surface area contributed by atoms with Gasteiger partial charge in [-0.05, 0) is 50.5 Å². The zero-order chi connectivity index (χ0) is 13.8. The van der Waals surface area contributed by atoms with Crippen molar-refractivity contribution in [3.8, 4) is 5.75 Å². The molecule has 0 radical (unpaired) electrons. The molecule has 0 heterocycles. The fraction of sp³-hybridized carbons (Fsp3) is 0.294. The number of hydrogen-bond donors (Lipinski definition) is 0. The van der Waals surface area contributed by atoms with Crippen LogP contribution in [0.5, 0.6) is 5.75 Å². The molecule has 19 heavy (non-hydrogen) atoms. The van der Waals surface area contributed by atoms with Crippen LogP contribution in [0.4, 0.5) is 0 Å². The van der Waals surface area contributed by atoms with Gasteiger partial charge in [-0.1, -0.05) is 41.5 Å². The van der Waals surface area contributed by atoms with Gasteiger partial charge in [0.25, 0.3) is 0 Å². The summed E-state index contributed by atoms with van der Waals surface area (Å²) in [6.45, 7) is 8.51. The van der Waals surface area contributed by atoms with E-state index in [4.69, 9.17) is 4.52 Å². The Labute approximate surface area is 117 Å². The second-order valence-corrected chi connectivity index (χ2v) is 5.97. The number of rotatable bonds is 4. The first-order valence-electron chi connectivity index (χ1n) is 6.59. The molecular formula is C17H21OP. The molecule has 0 bridgehead atoms. The SMILES string of the molecule is Cc1ccc(CPOc2ccc(C)cc2C)c(C)c1. The zero-order valence-electron chi connectivity index (χ0n) is 12.1. The van der Waals surface area contributed by atoms with E-state index in [2.05, 4.69) is 64.1 Å². The molecule has 0 aliphatic rings. The Kier molecular flexibility index (Phi) is 4.61. The van der Waals surface area contributed by atoms with Crippen LogP contribution in [0.3, 0.4) is 0 Å². The lowest BCUT2D eigenvalue weighted by Gasteiger charge is -2.11.